The predicted octanol–water partition coefficient (Wildman–Crippen LogP) is 4.24. The molecule has 8 nitrogen and oxygen atoms in total. The van der Waals surface area contributed by atoms with Gasteiger partial charge in [-0.2, -0.15) is 0 Å². The highest BCUT2D eigenvalue weighted by atomic mass is 35.5. The third kappa shape index (κ3) is 5.81. The Kier molecular flexibility index (Phi) is 7.71. The number of rotatable bonds is 6. The van der Waals surface area contributed by atoms with Crippen LogP contribution in [0.25, 0.3) is 11.6 Å². The second-order valence-electron chi connectivity index (χ2n) is 10.9. The fourth-order valence-corrected chi connectivity index (χ4v) is 6.13. The van der Waals surface area contributed by atoms with E-state index in [2.05, 4.69) is 28.4 Å². The van der Waals surface area contributed by atoms with Crippen molar-refractivity contribution in [3.05, 3.63) is 88.4 Å². The van der Waals surface area contributed by atoms with Crippen LogP contribution in [-0.2, 0) is 9.59 Å². The predicted molar refractivity (Wildman–Crippen MR) is 161 cm³/mol. The number of phenols is 1. The van der Waals surface area contributed by atoms with Crippen molar-refractivity contribution in [3.8, 4) is 5.75 Å². The smallest absolute Gasteiger partial charge is 0.236 e. The SMILES string of the molecule is O=C(Nc1ccc(O)c(Cl)c1)[C@@H]1CCN(CC(=O)N2CCN(c3cccc(C4=Cc5ccccc5[C@@H]4O)c3)CC2)C1. The van der Waals surface area contributed by atoms with Crippen molar-refractivity contribution in [2.45, 2.75) is 12.5 Å². The number of fused-ring (bicyclic) bond motifs is 1. The number of anilines is 2. The van der Waals surface area contributed by atoms with E-state index in [1.807, 2.05) is 46.2 Å². The number of aromatic hydroxyl groups is 1. The molecule has 0 spiro atoms. The van der Waals surface area contributed by atoms with Gasteiger partial charge in [-0.1, -0.05) is 48.0 Å². The quantitative estimate of drug-likeness (QED) is 0.382. The summed E-state index contributed by atoms with van der Waals surface area (Å²) in [5.74, 6) is -0.262. The average Bonchev–Trinajstić information content (AvgIpc) is 3.60. The first-order chi connectivity index (χ1) is 19.9. The monoisotopic (exact) mass is 572 g/mol. The van der Waals surface area contributed by atoms with Gasteiger partial charge < -0.3 is 25.3 Å². The summed E-state index contributed by atoms with van der Waals surface area (Å²) < 4.78 is 0. The summed E-state index contributed by atoms with van der Waals surface area (Å²) in [6.45, 7) is 4.27. The molecule has 2 amide bonds. The number of carbonyl (C=O) groups excluding carboxylic acids is 2. The van der Waals surface area contributed by atoms with Gasteiger partial charge >= 0.3 is 0 Å². The van der Waals surface area contributed by atoms with Crippen LogP contribution in [-0.4, -0.2) is 77.6 Å². The number of nitrogens with zero attached hydrogens (tertiary/aromatic N) is 3. The van der Waals surface area contributed by atoms with Crippen LogP contribution in [0.2, 0.25) is 5.02 Å². The molecule has 0 radical (unpaired) electrons. The summed E-state index contributed by atoms with van der Waals surface area (Å²) >= 11 is 5.94. The zero-order chi connectivity index (χ0) is 28.5. The Labute approximate surface area is 244 Å². The minimum absolute atomic E-state index is 0.0301. The van der Waals surface area contributed by atoms with Crippen LogP contribution in [0.1, 0.15) is 29.2 Å². The molecular formula is C32H33ClN4O4. The van der Waals surface area contributed by atoms with Gasteiger partial charge in [0.1, 0.15) is 11.9 Å². The molecule has 1 aliphatic carbocycles. The van der Waals surface area contributed by atoms with E-state index in [1.165, 1.54) is 12.1 Å². The number of piperazine rings is 1. The third-order valence-electron chi connectivity index (χ3n) is 8.29. The van der Waals surface area contributed by atoms with Gasteiger partial charge in [0.2, 0.25) is 11.8 Å². The second kappa shape index (κ2) is 11.6. The first-order valence-electron chi connectivity index (χ1n) is 14.0. The van der Waals surface area contributed by atoms with Crippen molar-refractivity contribution in [2.75, 3.05) is 56.0 Å². The molecule has 2 aliphatic heterocycles. The normalized spacial score (nSPS) is 20.6. The van der Waals surface area contributed by atoms with E-state index < -0.39 is 6.10 Å². The topological polar surface area (TPSA) is 96.3 Å². The number of aliphatic hydroxyl groups excluding tert-OH is 1. The average molecular weight is 573 g/mol. The van der Waals surface area contributed by atoms with E-state index >= 15 is 0 Å². The van der Waals surface area contributed by atoms with Crippen LogP contribution in [0.15, 0.2) is 66.7 Å². The maximum Gasteiger partial charge on any atom is 0.236 e. The maximum absolute atomic E-state index is 13.1. The fraction of sp³-hybridized carbons (Fsp3) is 0.312. The molecule has 212 valence electrons. The highest BCUT2D eigenvalue weighted by Crippen LogP contribution is 2.40. The summed E-state index contributed by atoms with van der Waals surface area (Å²) in [5, 5.41) is 23.5. The Bertz CT molecular complexity index is 1500. The zero-order valence-electron chi connectivity index (χ0n) is 22.7. The summed E-state index contributed by atoms with van der Waals surface area (Å²) in [5.41, 5.74) is 5.53. The molecule has 0 saturated carbocycles. The molecule has 2 heterocycles. The van der Waals surface area contributed by atoms with Crippen molar-refractivity contribution in [1.82, 2.24) is 9.80 Å². The van der Waals surface area contributed by atoms with Gasteiger partial charge in [-0.05, 0) is 71.6 Å². The van der Waals surface area contributed by atoms with Crippen molar-refractivity contribution < 1.29 is 19.8 Å². The molecule has 2 fully saturated rings. The third-order valence-corrected chi connectivity index (χ3v) is 8.59. The van der Waals surface area contributed by atoms with Crippen molar-refractivity contribution in [3.63, 3.8) is 0 Å². The maximum atomic E-state index is 13.1. The van der Waals surface area contributed by atoms with Crippen LogP contribution >= 0.6 is 11.6 Å². The number of nitrogens with one attached hydrogen (secondary N) is 1. The van der Waals surface area contributed by atoms with Crippen LogP contribution < -0.4 is 10.2 Å². The van der Waals surface area contributed by atoms with Gasteiger partial charge in [-0.15, -0.1) is 0 Å². The zero-order valence-corrected chi connectivity index (χ0v) is 23.4. The van der Waals surface area contributed by atoms with Gasteiger partial charge in [0.05, 0.1) is 17.5 Å². The van der Waals surface area contributed by atoms with E-state index in [-0.39, 0.29) is 28.5 Å². The number of hydrogen-bond acceptors (Lipinski definition) is 6. The van der Waals surface area contributed by atoms with E-state index in [9.17, 15) is 19.8 Å². The largest absolute Gasteiger partial charge is 0.506 e. The number of benzene rings is 3. The van der Waals surface area contributed by atoms with Gasteiger partial charge in [-0.25, -0.2) is 0 Å². The van der Waals surface area contributed by atoms with E-state index in [0.717, 1.165) is 41.0 Å². The van der Waals surface area contributed by atoms with Gasteiger partial charge in [0.15, 0.2) is 0 Å². The van der Waals surface area contributed by atoms with Crippen LogP contribution in [0.4, 0.5) is 11.4 Å². The van der Waals surface area contributed by atoms with Gasteiger partial charge in [0, 0.05) is 44.1 Å². The highest BCUT2D eigenvalue weighted by Gasteiger charge is 2.31. The fourth-order valence-electron chi connectivity index (χ4n) is 5.95. The lowest BCUT2D eigenvalue weighted by molar-refractivity contribution is -0.132. The Morgan fingerprint density at radius 1 is 0.951 bits per heavy atom. The van der Waals surface area contributed by atoms with Crippen molar-refractivity contribution >= 4 is 46.4 Å². The molecular weight excluding hydrogens is 540 g/mol. The summed E-state index contributed by atoms with van der Waals surface area (Å²) in [6.07, 6.45) is 2.12. The number of carbonyl (C=O) groups is 2. The number of aliphatic hydroxyl groups is 1. The van der Waals surface area contributed by atoms with Gasteiger partial charge in [-0.3, -0.25) is 14.5 Å². The van der Waals surface area contributed by atoms with Crippen LogP contribution in [0.5, 0.6) is 5.75 Å². The standard InChI is InChI=1S/C32H33ClN4O4/c33-28-18-24(8-9-29(28)38)34-32(41)23-10-11-35(19-23)20-30(39)37-14-12-36(13-15-37)25-6-3-5-21(16-25)27-17-22-4-1-2-7-26(22)31(27)40/h1-9,16-18,23,31,38,40H,10-15,19-20H2,(H,34,41)/t23-,31+/m1/s1. The lowest BCUT2D eigenvalue weighted by Gasteiger charge is -2.37. The molecule has 2 atom stereocenters. The molecule has 0 bridgehead atoms. The number of phenolic OH excluding ortho intramolecular Hbond substituents is 1. The first kappa shape index (κ1) is 27.3. The molecule has 0 aromatic heterocycles. The molecule has 0 unspecified atom stereocenters. The Balaban J connectivity index is 0.996. The molecule has 2 saturated heterocycles. The molecule has 3 aromatic carbocycles. The molecule has 6 rings (SSSR count). The molecule has 3 N–H and O–H groups in total. The van der Waals surface area contributed by atoms with Crippen LogP contribution in [0.3, 0.4) is 0 Å². The molecule has 3 aliphatic rings. The number of likely N-dealkylation sites (tertiary alicyclic amines) is 1. The van der Waals surface area contributed by atoms with E-state index in [0.29, 0.717) is 44.8 Å². The summed E-state index contributed by atoms with van der Waals surface area (Å²) in [7, 11) is 0. The van der Waals surface area contributed by atoms with Gasteiger partial charge in [0.25, 0.3) is 0 Å². The number of halogens is 1. The molecule has 9 heteroatoms. The minimum Gasteiger partial charge on any atom is -0.506 e. The van der Waals surface area contributed by atoms with E-state index in [4.69, 9.17) is 11.6 Å². The lowest BCUT2D eigenvalue weighted by atomic mass is 10.00. The summed E-state index contributed by atoms with van der Waals surface area (Å²) in [4.78, 5) is 32.1. The number of amides is 2. The lowest BCUT2D eigenvalue weighted by Crippen LogP contribution is -2.51. The Morgan fingerprint density at radius 3 is 2.54 bits per heavy atom. The molecule has 41 heavy (non-hydrogen) atoms. The van der Waals surface area contributed by atoms with Crippen molar-refractivity contribution in [2.24, 2.45) is 5.92 Å². The second-order valence-corrected chi connectivity index (χ2v) is 11.3. The number of hydrogen-bond donors (Lipinski definition) is 3. The Hall–Kier alpha value is -3.85. The first-order valence-corrected chi connectivity index (χ1v) is 14.4. The van der Waals surface area contributed by atoms with E-state index in [1.54, 1.807) is 6.07 Å². The Morgan fingerprint density at radius 2 is 1.76 bits per heavy atom. The van der Waals surface area contributed by atoms with Crippen molar-refractivity contribution in [1.29, 1.82) is 0 Å². The summed E-state index contributed by atoms with van der Waals surface area (Å²) in [6, 6.07) is 20.8. The molecule has 3 aromatic rings. The minimum atomic E-state index is -0.626. The highest BCUT2D eigenvalue weighted by molar-refractivity contribution is 6.32. The van der Waals surface area contributed by atoms with Crippen LogP contribution in [0, 0.1) is 5.92 Å².